The van der Waals surface area contributed by atoms with Gasteiger partial charge >= 0.3 is 5.97 Å². The Morgan fingerprint density at radius 2 is 2.05 bits per heavy atom. The highest BCUT2D eigenvalue weighted by Crippen LogP contribution is 2.53. The smallest absolute Gasteiger partial charge is 0.341 e. The predicted octanol–water partition coefficient (Wildman–Crippen LogP) is -0.0380. The number of carbonyl (C=O) groups excluding carboxylic acids is 1. The van der Waals surface area contributed by atoms with Crippen LogP contribution in [-0.2, 0) is 9.53 Å². The number of esters is 1. The average molecular weight is 294 g/mol. The summed E-state index contributed by atoms with van der Waals surface area (Å²) in [5, 5.41) is 39.7. The summed E-state index contributed by atoms with van der Waals surface area (Å²) in [6.45, 7) is 0.771. The first-order chi connectivity index (χ1) is 9.89. The summed E-state index contributed by atoms with van der Waals surface area (Å²) in [4.78, 5) is 11.8. The molecule has 6 heteroatoms. The van der Waals surface area contributed by atoms with E-state index in [0.29, 0.717) is 5.57 Å². The molecular formula is C15H18O6. The van der Waals surface area contributed by atoms with E-state index in [1.807, 2.05) is 6.92 Å². The van der Waals surface area contributed by atoms with Gasteiger partial charge in [0.05, 0.1) is 24.5 Å². The molecule has 0 amide bonds. The van der Waals surface area contributed by atoms with Crippen molar-refractivity contribution in [3.8, 4) is 0 Å². The molecule has 6 nitrogen and oxygen atoms in total. The highest BCUT2D eigenvalue weighted by Gasteiger charge is 2.60. The molecule has 1 fully saturated rings. The fraction of sp³-hybridized carbons (Fsp3) is 0.533. The highest BCUT2D eigenvalue weighted by molar-refractivity contribution is 5.83. The second kappa shape index (κ2) is 4.43. The van der Waals surface area contributed by atoms with Gasteiger partial charge in [0.25, 0.3) is 0 Å². The van der Waals surface area contributed by atoms with Crippen LogP contribution in [-0.4, -0.2) is 51.3 Å². The number of hydrogen-bond acceptors (Lipinski definition) is 6. The molecule has 1 saturated heterocycles. The molecule has 0 aromatic carbocycles. The maximum Gasteiger partial charge on any atom is 0.341 e. The highest BCUT2D eigenvalue weighted by atomic mass is 16.6. The number of aliphatic hydroxyl groups is 4. The number of allylic oxidation sites excluding steroid dienone is 3. The van der Waals surface area contributed by atoms with Gasteiger partial charge in [-0.1, -0.05) is 12.2 Å². The van der Waals surface area contributed by atoms with Gasteiger partial charge in [-0.15, -0.1) is 0 Å². The van der Waals surface area contributed by atoms with Gasteiger partial charge in [0.2, 0.25) is 0 Å². The van der Waals surface area contributed by atoms with Crippen LogP contribution < -0.4 is 0 Å². The minimum Gasteiger partial charge on any atom is -0.511 e. The Kier molecular flexibility index (Phi) is 3.02. The molecular weight excluding hydrogens is 276 g/mol. The van der Waals surface area contributed by atoms with Crippen LogP contribution in [0.4, 0.5) is 0 Å². The third-order valence-electron chi connectivity index (χ3n) is 4.89. The number of carbonyl (C=O) groups is 1. The van der Waals surface area contributed by atoms with Crippen molar-refractivity contribution >= 4 is 5.97 Å². The van der Waals surface area contributed by atoms with Crippen molar-refractivity contribution in [1.82, 2.24) is 0 Å². The average Bonchev–Trinajstić information content (AvgIpc) is 2.73. The molecule has 2 aliphatic carbocycles. The van der Waals surface area contributed by atoms with E-state index in [-0.39, 0.29) is 18.8 Å². The zero-order valence-electron chi connectivity index (χ0n) is 11.6. The second-order valence-electron chi connectivity index (χ2n) is 5.98. The van der Waals surface area contributed by atoms with E-state index in [0.717, 1.165) is 5.57 Å². The topological polar surface area (TPSA) is 107 Å². The van der Waals surface area contributed by atoms with Crippen LogP contribution >= 0.6 is 0 Å². The SMILES string of the molecule is CC1=CC=C(O)[C@]2(CO)C[C@@H]3OC(=O)[C@@](O)(CO)[C@H]3C=C12. The van der Waals surface area contributed by atoms with E-state index in [9.17, 15) is 25.2 Å². The number of aliphatic hydroxyl groups excluding tert-OH is 3. The van der Waals surface area contributed by atoms with Crippen LogP contribution in [0.25, 0.3) is 0 Å². The van der Waals surface area contributed by atoms with Crippen LogP contribution in [0, 0.1) is 11.3 Å². The van der Waals surface area contributed by atoms with Crippen LogP contribution in [0.15, 0.2) is 35.1 Å². The summed E-state index contributed by atoms with van der Waals surface area (Å²) in [6, 6.07) is 0. The van der Waals surface area contributed by atoms with Crippen LogP contribution in [0.5, 0.6) is 0 Å². The molecule has 0 bridgehead atoms. The fourth-order valence-corrected chi connectivity index (χ4v) is 3.57. The minimum atomic E-state index is -1.96. The lowest BCUT2D eigenvalue weighted by Crippen LogP contribution is -2.49. The lowest BCUT2D eigenvalue weighted by Gasteiger charge is -2.43. The second-order valence-corrected chi connectivity index (χ2v) is 5.98. The summed E-state index contributed by atoms with van der Waals surface area (Å²) in [7, 11) is 0. The molecule has 0 saturated carbocycles. The van der Waals surface area contributed by atoms with E-state index in [2.05, 4.69) is 0 Å². The van der Waals surface area contributed by atoms with E-state index in [1.54, 1.807) is 12.2 Å². The number of ether oxygens (including phenoxy) is 1. The number of fused-ring (bicyclic) bond motifs is 2. The third-order valence-corrected chi connectivity index (χ3v) is 4.89. The first kappa shape index (κ1) is 14.3. The Labute approximate surface area is 121 Å². The van der Waals surface area contributed by atoms with Gasteiger partial charge in [-0.05, 0) is 24.1 Å². The van der Waals surface area contributed by atoms with Crippen molar-refractivity contribution in [3.63, 3.8) is 0 Å². The maximum absolute atomic E-state index is 11.8. The van der Waals surface area contributed by atoms with Gasteiger partial charge < -0.3 is 25.2 Å². The largest absolute Gasteiger partial charge is 0.511 e. The minimum absolute atomic E-state index is 0.00999. The van der Waals surface area contributed by atoms with Crippen LogP contribution in [0.3, 0.4) is 0 Å². The molecule has 4 N–H and O–H groups in total. The summed E-state index contributed by atoms with van der Waals surface area (Å²) in [6.07, 6.45) is 4.36. The third kappa shape index (κ3) is 1.67. The number of hydrogen-bond donors (Lipinski definition) is 4. The lowest BCUT2D eigenvalue weighted by atomic mass is 9.62. The molecule has 0 spiro atoms. The predicted molar refractivity (Wildman–Crippen MR) is 72.1 cm³/mol. The van der Waals surface area contributed by atoms with Gasteiger partial charge in [-0.3, -0.25) is 0 Å². The quantitative estimate of drug-likeness (QED) is 0.532. The maximum atomic E-state index is 11.8. The van der Waals surface area contributed by atoms with E-state index >= 15 is 0 Å². The van der Waals surface area contributed by atoms with Gasteiger partial charge in [0, 0.05) is 6.42 Å². The van der Waals surface area contributed by atoms with Crippen molar-refractivity contribution < 1.29 is 30.0 Å². The summed E-state index contributed by atoms with van der Waals surface area (Å²) >= 11 is 0. The van der Waals surface area contributed by atoms with Crippen molar-refractivity contribution in [2.75, 3.05) is 13.2 Å². The Hall–Kier alpha value is -1.63. The molecule has 3 rings (SSSR count). The van der Waals surface area contributed by atoms with Crippen molar-refractivity contribution in [3.05, 3.63) is 35.1 Å². The summed E-state index contributed by atoms with van der Waals surface area (Å²) < 4.78 is 5.17. The molecule has 0 radical (unpaired) electrons. The standard InChI is InChI=1S/C15H18O6/c1-8-2-3-12(18)14(6-16)5-11-10(4-9(8)14)15(20,7-17)13(19)21-11/h2-4,10-11,16-18,20H,5-7H2,1H3/t10-,11-,14-,15+/m0/s1. The molecule has 114 valence electrons. The molecule has 3 aliphatic rings. The molecule has 4 atom stereocenters. The van der Waals surface area contributed by atoms with E-state index in [4.69, 9.17) is 4.74 Å². The Bertz CT molecular complexity index is 589. The van der Waals surface area contributed by atoms with Gasteiger partial charge in [-0.25, -0.2) is 4.79 Å². The molecule has 0 unspecified atom stereocenters. The number of rotatable bonds is 2. The Morgan fingerprint density at radius 1 is 1.33 bits per heavy atom. The molecule has 1 heterocycles. The van der Waals surface area contributed by atoms with Gasteiger partial charge in [0.1, 0.15) is 11.9 Å². The Balaban J connectivity index is 2.14. The van der Waals surface area contributed by atoms with Crippen molar-refractivity contribution in [2.45, 2.75) is 25.0 Å². The first-order valence-corrected chi connectivity index (χ1v) is 6.85. The summed E-state index contributed by atoms with van der Waals surface area (Å²) in [5.41, 5.74) is -1.48. The molecule has 21 heavy (non-hydrogen) atoms. The van der Waals surface area contributed by atoms with E-state index in [1.165, 1.54) is 6.08 Å². The normalized spacial score (nSPS) is 41.5. The monoisotopic (exact) mass is 294 g/mol. The zero-order valence-corrected chi connectivity index (χ0v) is 11.6. The Morgan fingerprint density at radius 3 is 2.67 bits per heavy atom. The lowest BCUT2D eigenvalue weighted by molar-refractivity contribution is -0.158. The van der Waals surface area contributed by atoms with Gasteiger partial charge in [-0.2, -0.15) is 0 Å². The van der Waals surface area contributed by atoms with Crippen LogP contribution in [0.2, 0.25) is 0 Å². The van der Waals surface area contributed by atoms with E-state index < -0.39 is 35.6 Å². The fourth-order valence-electron chi connectivity index (χ4n) is 3.57. The summed E-state index contributed by atoms with van der Waals surface area (Å²) in [5.74, 6) is -1.55. The van der Waals surface area contributed by atoms with Crippen molar-refractivity contribution in [1.29, 1.82) is 0 Å². The van der Waals surface area contributed by atoms with Crippen molar-refractivity contribution in [2.24, 2.45) is 11.3 Å². The molecule has 0 aromatic rings. The van der Waals surface area contributed by atoms with Gasteiger partial charge in [0.15, 0.2) is 5.60 Å². The molecule has 0 aromatic heterocycles. The molecule has 1 aliphatic heterocycles. The first-order valence-electron chi connectivity index (χ1n) is 6.85. The van der Waals surface area contributed by atoms with Crippen LogP contribution in [0.1, 0.15) is 13.3 Å². The zero-order chi connectivity index (χ0) is 15.4.